The van der Waals surface area contributed by atoms with Crippen LogP contribution < -0.4 is 5.73 Å². The number of aliphatic hydroxyl groups is 2. The number of hydrogen-bond donors (Lipinski definition) is 3. The fourth-order valence-electron chi connectivity index (χ4n) is 4.40. The van der Waals surface area contributed by atoms with Gasteiger partial charge in [0, 0.05) is 0 Å². The normalized spacial score (nSPS) is 15.9. The van der Waals surface area contributed by atoms with Gasteiger partial charge in [-0.1, -0.05) is 96.8 Å². The Kier molecular flexibility index (Phi) is 16.9. The highest BCUT2D eigenvalue weighted by molar-refractivity contribution is 5.80. The minimum atomic E-state index is -0.778. The molecular formula is C24H49NO3. The summed E-state index contributed by atoms with van der Waals surface area (Å²) in [5.41, 5.74) is 4.88. The lowest BCUT2D eigenvalue weighted by atomic mass is 9.73. The molecule has 0 radical (unpaired) electrons. The molecule has 0 saturated heterocycles. The molecule has 4 N–H and O–H groups in total. The summed E-state index contributed by atoms with van der Waals surface area (Å²) >= 11 is 0. The number of aliphatic hydroxyl groups excluding tert-OH is 2. The fourth-order valence-corrected chi connectivity index (χ4v) is 4.40. The molecule has 168 valence electrons. The van der Waals surface area contributed by atoms with E-state index in [1.54, 1.807) is 13.8 Å². The molecule has 0 spiro atoms. The molecule has 0 rings (SSSR count). The van der Waals surface area contributed by atoms with Gasteiger partial charge in [0.25, 0.3) is 0 Å². The van der Waals surface area contributed by atoms with Crippen molar-refractivity contribution in [1.82, 2.24) is 0 Å². The van der Waals surface area contributed by atoms with Crippen LogP contribution in [0.2, 0.25) is 0 Å². The van der Waals surface area contributed by atoms with Gasteiger partial charge in [0.1, 0.15) is 0 Å². The van der Waals surface area contributed by atoms with E-state index >= 15 is 0 Å². The van der Waals surface area contributed by atoms with Crippen LogP contribution in [-0.2, 0) is 4.79 Å². The molecule has 0 saturated carbocycles. The van der Waals surface area contributed by atoms with Crippen LogP contribution >= 0.6 is 0 Å². The predicted molar refractivity (Wildman–Crippen MR) is 119 cm³/mol. The van der Waals surface area contributed by atoms with Crippen molar-refractivity contribution in [2.45, 2.75) is 142 Å². The maximum atomic E-state index is 12.1. The first-order valence-corrected chi connectivity index (χ1v) is 12.0. The molecular weight excluding hydrogens is 350 g/mol. The van der Waals surface area contributed by atoms with Crippen molar-refractivity contribution in [3.05, 3.63) is 0 Å². The molecule has 0 aromatic rings. The standard InChI is InChI=1S/C24H49NO3/c1-4-5-6-7-8-9-10-11-12-13-14-15-16-17-18-24(23(25)28,19-21(2)26)20-22(3)27/h21-22,26-27H,4-20H2,1-3H3,(H2,25,28). The molecule has 0 aromatic heterocycles. The van der Waals surface area contributed by atoms with Crippen LogP contribution in [0.3, 0.4) is 0 Å². The molecule has 0 fully saturated rings. The third kappa shape index (κ3) is 14.4. The highest BCUT2D eigenvalue weighted by atomic mass is 16.3. The van der Waals surface area contributed by atoms with E-state index in [9.17, 15) is 15.0 Å². The summed E-state index contributed by atoms with van der Waals surface area (Å²) in [7, 11) is 0. The summed E-state index contributed by atoms with van der Waals surface area (Å²) in [5, 5.41) is 19.6. The van der Waals surface area contributed by atoms with Crippen molar-refractivity contribution in [2.24, 2.45) is 11.1 Å². The molecule has 0 aliphatic rings. The number of rotatable bonds is 20. The van der Waals surface area contributed by atoms with Gasteiger partial charge in [-0.2, -0.15) is 0 Å². The van der Waals surface area contributed by atoms with E-state index in [1.165, 1.54) is 77.0 Å². The summed E-state index contributed by atoms with van der Waals surface area (Å²) in [6.45, 7) is 5.63. The van der Waals surface area contributed by atoms with Gasteiger partial charge >= 0.3 is 0 Å². The van der Waals surface area contributed by atoms with E-state index in [4.69, 9.17) is 5.73 Å². The summed E-state index contributed by atoms with van der Waals surface area (Å²) in [4.78, 5) is 12.1. The van der Waals surface area contributed by atoms with Crippen molar-refractivity contribution < 1.29 is 15.0 Å². The van der Waals surface area contributed by atoms with E-state index in [1.807, 2.05) is 0 Å². The van der Waals surface area contributed by atoms with Crippen LogP contribution in [0.5, 0.6) is 0 Å². The Morgan fingerprint density at radius 2 is 1.04 bits per heavy atom. The zero-order valence-corrected chi connectivity index (χ0v) is 19.1. The van der Waals surface area contributed by atoms with E-state index in [-0.39, 0.29) is 5.91 Å². The monoisotopic (exact) mass is 399 g/mol. The molecule has 0 bridgehead atoms. The lowest BCUT2D eigenvalue weighted by Gasteiger charge is -2.33. The van der Waals surface area contributed by atoms with Crippen LogP contribution in [0.15, 0.2) is 0 Å². The second-order valence-corrected chi connectivity index (χ2v) is 9.10. The van der Waals surface area contributed by atoms with Gasteiger partial charge in [-0.05, 0) is 33.1 Å². The highest BCUT2D eigenvalue weighted by Gasteiger charge is 2.38. The number of primary amides is 1. The van der Waals surface area contributed by atoms with Gasteiger partial charge in [-0.25, -0.2) is 0 Å². The number of hydrogen-bond acceptors (Lipinski definition) is 3. The van der Waals surface area contributed by atoms with Gasteiger partial charge in [0.05, 0.1) is 17.6 Å². The Bertz CT molecular complexity index is 359. The van der Waals surface area contributed by atoms with Crippen molar-refractivity contribution in [2.75, 3.05) is 0 Å². The largest absolute Gasteiger partial charge is 0.393 e. The van der Waals surface area contributed by atoms with E-state index in [0.717, 1.165) is 12.8 Å². The van der Waals surface area contributed by atoms with Crippen LogP contribution in [0.4, 0.5) is 0 Å². The molecule has 2 atom stereocenters. The predicted octanol–water partition coefficient (Wildman–Crippen LogP) is 5.87. The average Bonchev–Trinajstić information content (AvgIpc) is 2.60. The minimum absolute atomic E-state index is 0.339. The SMILES string of the molecule is CCCCCCCCCCCCCCCCC(CC(C)O)(CC(C)O)C(N)=O. The van der Waals surface area contributed by atoms with Crippen molar-refractivity contribution in [3.8, 4) is 0 Å². The molecule has 4 nitrogen and oxygen atoms in total. The van der Waals surface area contributed by atoms with E-state index in [2.05, 4.69) is 6.92 Å². The lowest BCUT2D eigenvalue weighted by Crippen LogP contribution is -2.41. The van der Waals surface area contributed by atoms with Crippen LogP contribution in [0.1, 0.15) is 130 Å². The number of amides is 1. The highest BCUT2D eigenvalue weighted by Crippen LogP contribution is 2.36. The molecule has 2 unspecified atom stereocenters. The van der Waals surface area contributed by atoms with E-state index in [0.29, 0.717) is 19.3 Å². The van der Waals surface area contributed by atoms with Gasteiger partial charge < -0.3 is 15.9 Å². The van der Waals surface area contributed by atoms with Crippen molar-refractivity contribution >= 4 is 5.91 Å². The van der Waals surface area contributed by atoms with Gasteiger partial charge in [-0.3, -0.25) is 4.79 Å². The first kappa shape index (κ1) is 27.4. The Morgan fingerprint density at radius 3 is 1.32 bits per heavy atom. The number of unbranched alkanes of at least 4 members (excludes halogenated alkanes) is 13. The Balaban J connectivity index is 3.81. The van der Waals surface area contributed by atoms with Gasteiger partial charge in [0.15, 0.2) is 0 Å². The first-order chi connectivity index (χ1) is 13.3. The number of carbonyl (C=O) groups is 1. The number of nitrogens with two attached hydrogens (primary N) is 1. The fraction of sp³-hybridized carbons (Fsp3) is 0.958. The summed E-state index contributed by atoms with van der Waals surface area (Å²) in [6, 6.07) is 0. The summed E-state index contributed by atoms with van der Waals surface area (Å²) in [5.74, 6) is -0.385. The smallest absolute Gasteiger partial charge is 0.223 e. The Labute approximate surface area is 174 Å². The second kappa shape index (κ2) is 17.3. The summed E-state index contributed by atoms with van der Waals surface area (Å²) in [6.07, 6.45) is 18.3. The number of carbonyl (C=O) groups excluding carboxylic acids is 1. The summed E-state index contributed by atoms with van der Waals surface area (Å²) < 4.78 is 0. The third-order valence-electron chi connectivity index (χ3n) is 5.90. The molecule has 4 heteroatoms. The zero-order valence-electron chi connectivity index (χ0n) is 19.1. The van der Waals surface area contributed by atoms with Crippen molar-refractivity contribution in [3.63, 3.8) is 0 Å². The first-order valence-electron chi connectivity index (χ1n) is 12.0. The maximum Gasteiger partial charge on any atom is 0.223 e. The molecule has 0 aliphatic carbocycles. The Morgan fingerprint density at radius 1 is 0.714 bits per heavy atom. The van der Waals surface area contributed by atoms with Gasteiger partial charge in [-0.15, -0.1) is 0 Å². The van der Waals surface area contributed by atoms with Crippen LogP contribution in [-0.4, -0.2) is 28.3 Å². The van der Waals surface area contributed by atoms with Crippen molar-refractivity contribution in [1.29, 1.82) is 0 Å². The molecule has 0 heterocycles. The molecule has 0 aromatic carbocycles. The second-order valence-electron chi connectivity index (χ2n) is 9.10. The lowest BCUT2D eigenvalue weighted by molar-refractivity contribution is -0.132. The quantitative estimate of drug-likeness (QED) is 0.224. The molecule has 1 amide bonds. The topological polar surface area (TPSA) is 83.6 Å². The minimum Gasteiger partial charge on any atom is -0.393 e. The van der Waals surface area contributed by atoms with Crippen LogP contribution in [0.25, 0.3) is 0 Å². The van der Waals surface area contributed by atoms with Crippen LogP contribution in [0, 0.1) is 5.41 Å². The Hall–Kier alpha value is -0.610. The average molecular weight is 400 g/mol. The van der Waals surface area contributed by atoms with Gasteiger partial charge in [0.2, 0.25) is 5.91 Å². The third-order valence-corrected chi connectivity index (χ3v) is 5.90. The maximum absolute atomic E-state index is 12.1. The zero-order chi connectivity index (χ0) is 21.3. The van der Waals surface area contributed by atoms with E-state index < -0.39 is 17.6 Å². The molecule has 28 heavy (non-hydrogen) atoms. The molecule has 0 aliphatic heterocycles.